The molecular weight excluding hydrogens is 302 g/mol. The highest BCUT2D eigenvalue weighted by molar-refractivity contribution is 9.10. The van der Waals surface area contributed by atoms with E-state index in [2.05, 4.69) is 33.8 Å². The summed E-state index contributed by atoms with van der Waals surface area (Å²) < 4.78 is 1.09. The Hall–Kier alpha value is -0.540. The Morgan fingerprint density at radius 2 is 2.21 bits per heavy atom. The van der Waals surface area contributed by atoms with Gasteiger partial charge in [0.1, 0.15) is 0 Å². The number of benzene rings is 1. The Morgan fingerprint density at radius 1 is 1.42 bits per heavy atom. The van der Waals surface area contributed by atoms with Crippen molar-refractivity contribution < 1.29 is 5.11 Å². The van der Waals surface area contributed by atoms with Crippen LogP contribution in [0.4, 0.5) is 5.69 Å². The molecule has 2 unspecified atom stereocenters. The molecule has 0 radical (unpaired) electrons. The third-order valence-electron chi connectivity index (χ3n) is 4.00. The highest BCUT2D eigenvalue weighted by Gasteiger charge is 2.24. The number of nitrogens with zero attached hydrogens (tertiary/aromatic N) is 1. The van der Waals surface area contributed by atoms with Gasteiger partial charge in [0.25, 0.3) is 0 Å². The maximum Gasteiger partial charge on any atom is 0.0782 e. The SMILES string of the molecule is CCCC1CCCCN1c1cc(Br)ccc1C(C)O. The van der Waals surface area contributed by atoms with Gasteiger partial charge in [0.15, 0.2) is 0 Å². The maximum absolute atomic E-state index is 10.0. The summed E-state index contributed by atoms with van der Waals surface area (Å²) >= 11 is 3.56. The van der Waals surface area contributed by atoms with Crippen LogP contribution in [0.2, 0.25) is 0 Å². The number of hydrogen-bond acceptors (Lipinski definition) is 2. The largest absolute Gasteiger partial charge is 0.389 e. The third-order valence-corrected chi connectivity index (χ3v) is 4.49. The zero-order valence-electron chi connectivity index (χ0n) is 11.9. The molecule has 1 aromatic carbocycles. The van der Waals surface area contributed by atoms with E-state index in [0.717, 1.165) is 16.6 Å². The predicted octanol–water partition coefficient (Wildman–Crippen LogP) is 4.66. The molecule has 0 saturated carbocycles. The van der Waals surface area contributed by atoms with Crippen molar-refractivity contribution in [2.75, 3.05) is 11.4 Å². The molecule has 1 aliphatic rings. The standard InChI is InChI=1S/C16H24BrNO/c1-3-6-14-7-4-5-10-18(14)16-11-13(17)8-9-15(16)12(2)19/h8-9,11-12,14,19H,3-7,10H2,1-2H3. The van der Waals surface area contributed by atoms with Gasteiger partial charge in [0.05, 0.1) is 6.10 Å². The fourth-order valence-electron chi connectivity index (χ4n) is 3.07. The van der Waals surface area contributed by atoms with Crippen LogP contribution in [0.25, 0.3) is 0 Å². The molecular formula is C16H24BrNO. The number of aliphatic hydroxyl groups excluding tert-OH is 1. The lowest BCUT2D eigenvalue weighted by molar-refractivity contribution is 0.199. The number of rotatable bonds is 4. The lowest BCUT2D eigenvalue weighted by Gasteiger charge is -2.39. The zero-order valence-corrected chi connectivity index (χ0v) is 13.5. The first-order chi connectivity index (χ1) is 9.13. The summed E-state index contributed by atoms with van der Waals surface area (Å²) in [5.41, 5.74) is 2.26. The molecule has 0 aromatic heterocycles. The topological polar surface area (TPSA) is 23.5 Å². The fraction of sp³-hybridized carbons (Fsp3) is 0.625. The van der Waals surface area contributed by atoms with Gasteiger partial charge in [-0.05, 0) is 44.7 Å². The van der Waals surface area contributed by atoms with Gasteiger partial charge in [-0.25, -0.2) is 0 Å². The van der Waals surface area contributed by atoms with E-state index in [1.165, 1.54) is 37.8 Å². The Labute approximate surface area is 124 Å². The van der Waals surface area contributed by atoms with Gasteiger partial charge in [-0.15, -0.1) is 0 Å². The highest BCUT2D eigenvalue weighted by Crippen LogP contribution is 2.34. The second kappa shape index (κ2) is 6.76. The van der Waals surface area contributed by atoms with Gasteiger partial charge < -0.3 is 10.0 Å². The first-order valence-corrected chi connectivity index (χ1v) is 8.17. The van der Waals surface area contributed by atoms with Crippen LogP contribution in [0.15, 0.2) is 22.7 Å². The average molecular weight is 326 g/mol. The third kappa shape index (κ3) is 3.51. The van der Waals surface area contributed by atoms with Crippen LogP contribution in [0.5, 0.6) is 0 Å². The molecule has 2 nitrogen and oxygen atoms in total. The Balaban J connectivity index is 2.34. The van der Waals surface area contributed by atoms with Crippen molar-refractivity contribution in [3.8, 4) is 0 Å². The normalized spacial score (nSPS) is 21.5. The molecule has 0 amide bonds. The number of hydrogen-bond donors (Lipinski definition) is 1. The van der Waals surface area contributed by atoms with Crippen molar-refractivity contribution in [3.05, 3.63) is 28.2 Å². The number of anilines is 1. The van der Waals surface area contributed by atoms with E-state index in [1.54, 1.807) is 0 Å². The van der Waals surface area contributed by atoms with Crippen molar-refractivity contribution in [1.82, 2.24) is 0 Å². The van der Waals surface area contributed by atoms with Gasteiger partial charge in [-0.2, -0.15) is 0 Å². The summed E-state index contributed by atoms with van der Waals surface area (Å²) in [7, 11) is 0. The summed E-state index contributed by atoms with van der Waals surface area (Å²) in [5.74, 6) is 0. The zero-order chi connectivity index (χ0) is 13.8. The van der Waals surface area contributed by atoms with Gasteiger partial charge in [-0.1, -0.05) is 35.3 Å². The Kier molecular flexibility index (Phi) is 5.28. The van der Waals surface area contributed by atoms with Crippen molar-refractivity contribution in [1.29, 1.82) is 0 Å². The fourth-order valence-corrected chi connectivity index (χ4v) is 3.42. The maximum atomic E-state index is 10.0. The van der Waals surface area contributed by atoms with Crippen LogP contribution in [-0.2, 0) is 0 Å². The average Bonchev–Trinajstić information content (AvgIpc) is 2.39. The van der Waals surface area contributed by atoms with E-state index in [0.29, 0.717) is 6.04 Å². The molecule has 2 rings (SSSR count). The van der Waals surface area contributed by atoms with Gasteiger partial charge in [0.2, 0.25) is 0 Å². The summed E-state index contributed by atoms with van der Waals surface area (Å²) in [6.07, 6.45) is 5.92. The predicted molar refractivity (Wildman–Crippen MR) is 84.7 cm³/mol. The molecule has 0 aliphatic carbocycles. The van der Waals surface area contributed by atoms with E-state index in [1.807, 2.05) is 19.1 Å². The van der Waals surface area contributed by atoms with Crippen LogP contribution < -0.4 is 4.90 Å². The van der Waals surface area contributed by atoms with Crippen LogP contribution in [0.3, 0.4) is 0 Å². The summed E-state index contributed by atoms with van der Waals surface area (Å²) in [6.45, 7) is 5.22. The lowest BCUT2D eigenvalue weighted by Crippen LogP contribution is -2.40. The highest BCUT2D eigenvalue weighted by atomic mass is 79.9. The molecule has 3 heteroatoms. The second-order valence-corrected chi connectivity index (χ2v) is 6.43. The van der Waals surface area contributed by atoms with Crippen LogP contribution >= 0.6 is 15.9 Å². The molecule has 1 N–H and O–H groups in total. The molecule has 1 aliphatic heterocycles. The molecule has 0 bridgehead atoms. The van der Waals surface area contributed by atoms with E-state index in [-0.39, 0.29) is 0 Å². The number of aliphatic hydroxyl groups is 1. The molecule has 19 heavy (non-hydrogen) atoms. The molecule has 1 saturated heterocycles. The molecule has 1 fully saturated rings. The smallest absolute Gasteiger partial charge is 0.0782 e. The quantitative estimate of drug-likeness (QED) is 0.870. The monoisotopic (exact) mass is 325 g/mol. The van der Waals surface area contributed by atoms with Crippen LogP contribution in [0.1, 0.15) is 57.6 Å². The van der Waals surface area contributed by atoms with Crippen molar-refractivity contribution in [3.63, 3.8) is 0 Å². The Morgan fingerprint density at radius 3 is 2.89 bits per heavy atom. The van der Waals surface area contributed by atoms with Gasteiger partial charge in [0, 0.05) is 28.3 Å². The minimum atomic E-state index is -0.410. The van der Waals surface area contributed by atoms with Gasteiger partial charge in [-0.3, -0.25) is 0 Å². The molecule has 2 atom stereocenters. The van der Waals surface area contributed by atoms with Crippen LogP contribution in [0, 0.1) is 0 Å². The van der Waals surface area contributed by atoms with E-state index >= 15 is 0 Å². The van der Waals surface area contributed by atoms with E-state index in [9.17, 15) is 5.11 Å². The molecule has 106 valence electrons. The van der Waals surface area contributed by atoms with E-state index in [4.69, 9.17) is 0 Å². The minimum Gasteiger partial charge on any atom is -0.389 e. The van der Waals surface area contributed by atoms with E-state index < -0.39 is 6.10 Å². The first-order valence-electron chi connectivity index (χ1n) is 7.37. The minimum absolute atomic E-state index is 0.410. The second-order valence-electron chi connectivity index (χ2n) is 5.51. The number of piperidine rings is 1. The Bertz CT molecular complexity index is 417. The summed E-state index contributed by atoms with van der Waals surface area (Å²) in [6, 6.07) is 6.85. The number of halogens is 1. The van der Waals surface area contributed by atoms with Gasteiger partial charge >= 0.3 is 0 Å². The first kappa shape index (κ1) is 14.9. The van der Waals surface area contributed by atoms with Crippen LogP contribution in [-0.4, -0.2) is 17.7 Å². The molecule has 1 aromatic rings. The van der Waals surface area contributed by atoms with Crippen molar-refractivity contribution in [2.45, 2.75) is 58.1 Å². The molecule has 0 spiro atoms. The summed E-state index contributed by atoms with van der Waals surface area (Å²) in [5, 5.41) is 10.0. The van der Waals surface area contributed by atoms with Crippen molar-refractivity contribution >= 4 is 21.6 Å². The molecule has 1 heterocycles. The lowest BCUT2D eigenvalue weighted by atomic mass is 9.95. The van der Waals surface area contributed by atoms with Crippen molar-refractivity contribution in [2.24, 2.45) is 0 Å². The summed E-state index contributed by atoms with van der Waals surface area (Å²) in [4.78, 5) is 2.51.